The maximum Gasteiger partial charge on any atom is 0.257 e. The molecular weight excluding hydrogens is 328 g/mol. The Kier molecular flexibility index (Phi) is 4.22. The monoisotopic (exact) mass is 338 g/mol. The maximum atomic E-state index is 12.0. The van der Waals surface area contributed by atoms with Gasteiger partial charge in [-0.1, -0.05) is 27.5 Å². The van der Waals surface area contributed by atoms with Gasteiger partial charge in [-0.2, -0.15) is 0 Å². The SMILES string of the molecule is Cc1cc(NC(=O)c2ccc(Cl)nc2)cc(C)c1Br. The van der Waals surface area contributed by atoms with E-state index in [0.717, 1.165) is 21.3 Å². The van der Waals surface area contributed by atoms with Gasteiger partial charge in [-0.3, -0.25) is 4.79 Å². The van der Waals surface area contributed by atoms with Gasteiger partial charge in [0.25, 0.3) is 5.91 Å². The van der Waals surface area contributed by atoms with Crippen molar-refractivity contribution in [3.8, 4) is 0 Å². The molecule has 0 saturated carbocycles. The molecule has 0 spiro atoms. The average Bonchev–Trinajstić information content (AvgIpc) is 2.36. The molecule has 0 aliphatic heterocycles. The fraction of sp³-hybridized carbons (Fsp3) is 0.143. The maximum absolute atomic E-state index is 12.0. The van der Waals surface area contributed by atoms with Crippen LogP contribution in [0.5, 0.6) is 0 Å². The lowest BCUT2D eigenvalue weighted by Crippen LogP contribution is -2.12. The Bertz CT molecular complexity index is 603. The number of carbonyl (C=O) groups is 1. The van der Waals surface area contributed by atoms with Crippen molar-refractivity contribution in [3.63, 3.8) is 0 Å². The third kappa shape index (κ3) is 3.33. The molecular formula is C14H12BrClN2O. The number of halogens is 2. The van der Waals surface area contributed by atoms with Crippen LogP contribution in [0, 0.1) is 13.8 Å². The van der Waals surface area contributed by atoms with Crippen LogP contribution in [0.1, 0.15) is 21.5 Å². The van der Waals surface area contributed by atoms with E-state index in [0.29, 0.717) is 10.7 Å². The van der Waals surface area contributed by atoms with E-state index in [4.69, 9.17) is 11.6 Å². The number of hydrogen-bond acceptors (Lipinski definition) is 2. The molecule has 5 heteroatoms. The van der Waals surface area contributed by atoms with Crippen molar-refractivity contribution in [1.29, 1.82) is 0 Å². The van der Waals surface area contributed by atoms with Crippen LogP contribution in [-0.4, -0.2) is 10.9 Å². The molecule has 0 saturated heterocycles. The number of rotatable bonds is 2. The van der Waals surface area contributed by atoms with E-state index in [-0.39, 0.29) is 5.91 Å². The van der Waals surface area contributed by atoms with Crippen LogP contribution >= 0.6 is 27.5 Å². The molecule has 19 heavy (non-hydrogen) atoms. The van der Waals surface area contributed by atoms with Crippen molar-refractivity contribution in [3.05, 3.63) is 56.8 Å². The van der Waals surface area contributed by atoms with Gasteiger partial charge in [0.2, 0.25) is 0 Å². The van der Waals surface area contributed by atoms with Crippen molar-refractivity contribution in [2.45, 2.75) is 13.8 Å². The lowest BCUT2D eigenvalue weighted by atomic mass is 10.1. The molecule has 0 aliphatic rings. The summed E-state index contributed by atoms with van der Waals surface area (Å²) in [7, 11) is 0. The summed E-state index contributed by atoms with van der Waals surface area (Å²) in [6.45, 7) is 3.97. The smallest absolute Gasteiger partial charge is 0.257 e. The zero-order valence-electron chi connectivity index (χ0n) is 10.5. The lowest BCUT2D eigenvalue weighted by molar-refractivity contribution is 0.102. The fourth-order valence-corrected chi connectivity index (χ4v) is 2.07. The molecule has 0 bridgehead atoms. The molecule has 1 amide bonds. The number of anilines is 1. The molecule has 1 heterocycles. The second-order valence-electron chi connectivity index (χ2n) is 4.25. The van der Waals surface area contributed by atoms with Gasteiger partial charge in [-0.15, -0.1) is 0 Å². The van der Waals surface area contributed by atoms with Crippen LogP contribution in [0.2, 0.25) is 5.15 Å². The van der Waals surface area contributed by atoms with E-state index in [1.54, 1.807) is 12.1 Å². The minimum absolute atomic E-state index is 0.203. The van der Waals surface area contributed by atoms with E-state index in [9.17, 15) is 4.79 Å². The minimum atomic E-state index is -0.203. The summed E-state index contributed by atoms with van der Waals surface area (Å²) in [5, 5.41) is 3.21. The first-order valence-electron chi connectivity index (χ1n) is 5.67. The average molecular weight is 340 g/mol. The predicted octanol–water partition coefficient (Wildman–Crippen LogP) is 4.37. The Morgan fingerprint density at radius 3 is 2.42 bits per heavy atom. The summed E-state index contributed by atoms with van der Waals surface area (Å²) in [6.07, 6.45) is 1.45. The molecule has 0 radical (unpaired) electrons. The molecule has 3 nitrogen and oxygen atoms in total. The second-order valence-corrected chi connectivity index (χ2v) is 5.43. The van der Waals surface area contributed by atoms with Gasteiger partial charge in [0.1, 0.15) is 5.15 Å². The van der Waals surface area contributed by atoms with Crippen LogP contribution in [0.4, 0.5) is 5.69 Å². The van der Waals surface area contributed by atoms with E-state index in [1.807, 2.05) is 26.0 Å². The number of carbonyl (C=O) groups excluding carboxylic acids is 1. The van der Waals surface area contributed by atoms with Crippen molar-refractivity contribution in [2.75, 3.05) is 5.32 Å². The summed E-state index contributed by atoms with van der Waals surface area (Å²) in [5.74, 6) is -0.203. The van der Waals surface area contributed by atoms with Crippen molar-refractivity contribution < 1.29 is 4.79 Å². The normalized spacial score (nSPS) is 10.3. The molecule has 0 aliphatic carbocycles. The summed E-state index contributed by atoms with van der Waals surface area (Å²) < 4.78 is 1.05. The van der Waals surface area contributed by atoms with Gasteiger partial charge in [-0.05, 0) is 49.2 Å². The van der Waals surface area contributed by atoms with Gasteiger partial charge in [0, 0.05) is 16.4 Å². The summed E-state index contributed by atoms with van der Waals surface area (Å²) in [5.41, 5.74) is 3.38. The Labute approximate surface area is 125 Å². The van der Waals surface area contributed by atoms with E-state index in [2.05, 4.69) is 26.2 Å². The predicted molar refractivity (Wildman–Crippen MR) is 80.8 cm³/mol. The number of pyridine rings is 1. The highest BCUT2D eigenvalue weighted by Crippen LogP contribution is 2.25. The Morgan fingerprint density at radius 1 is 1.26 bits per heavy atom. The molecule has 1 aromatic carbocycles. The number of amides is 1. The molecule has 98 valence electrons. The van der Waals surface area contributed by atoms with Crippen molar-refractivity contribution in [1.82, 2.24) is 4.98 Å². The fourth-order valence-electron chi connectivity index (χ4n) is 1.73. The number of nitrogens with one attached hydrogen (secondary N) is 1. The molecule has 2 rings (SSSR count). The van der Waals surface area contributed by atoms with Gasteiger partial charge in [-0.25, -0.2) is 4.98 Å². The number of aryl methyl sites for hydroxylation is 2. The number of benzene rings is 1. The highest BCUT2D eigenvalue weighted by Gasteiger charge is 2.08. The molecule has 2 aromatic rings. The standard InChI is InChI=1S/C14H12BrClN2O/c1-8-5-11(6-9(2)13(8)15)18-14(19)10-3-4-12(16)17-7-10/h3-7H,1-2H3,(H,18,19). The first-order valence-corrected chi connectivity index (χ1v) is 6.84. The highest BCUT2D eigenvalue weighted by atomic mass is 79.9. The Morgan fingerprint density at radius 2 is 1.89 bits per heavy atom. The summed E-state index contributed by atoms with van der Waals surface area (Å²) in [6, 6.07) is 7.06. The lowest BCUT2D eigenvalue weighted by Gasteiger charge is -2.09. The zero-order valence-corrected chi connectivity index (χ0v) is 12.8. The summed E-state index contributed by atoms with van der Waals surface area (Å²) >= 11 is 9.18. The number of hydrogen-bond donors (Lipinski definition) is 1. The number of nitrogens with zero attached hydrogens (tertiary/aromatic N) is 1. The van der Waals surface area contributed by atoms with Crippen molar-refractivity contribution in [2.24, 2.45) is 0 Å². The first kappa shape index (κ1) is 14.0. The largest absolute Gasteiger partial charge is 0.322 e. The van der Waals surface area contributed by atoms with Gasteiger partial charge in [0.15, 0.2) is 0 Å². The first-order chi connectivity index (χ1) is 8.97. The van der Waals surface area contributed by atoms with Crippen LogP contribution in [0.15, 0.2) is 34.9 Å². The highest BCUT2D eigenvalue weighted by molar-refractivity contribution is 9.10. The van der Waals surface area contributed by atoms with Crippen molar-refractivity contribution >= 4 is 39.1 Å². The van der Waals surface area contributed by atoms with Gasteiger partial charge in [0.05, 0.1) is 5.56 Å². The Balaban J connectivity index is 2.22. The van der Waals surface area contributed by atoms with E-state index < -0.39 is 0 Å². The van der Waals surface area contributed by atoms with Crippen LogP contribution in [0.3, 0.4) is 0 Å². The summed E-state index contributed by atoms with van der Waals surface area (Å²) in [4.78, 5) is 15.9. The van der Waals surface area contributed by atoms with E-state index in [1.165, 1.54) is 6.20 Å². The quantitative estimate of drug-likeness (QED) is 0.826. The van der Waals surface area contributed by atoms with E-state index >= 15 is 0 Å². The second kappa shape index (κ2) is 5.72. The third-order valence-electron chi connectivity index (χ3n) is 2.68. The minimum Gasteiger partial charge on any atom is -0.322 e. The third-order valence-corrected chi connectivity index (χ3v) is 4.16. The van der Waals surface area contributed by atoms with Gasteiger partial charge < -0.3 is 5.32 Å². The molecule has 0 fully saturated rings. The number of aromatic nitrogens is 1. The zero-order chi connectivity index (χ0) is 14.0. The molecule has 0 atom stereocenters. The Hall–Kier alpha value is -1.39. The van der Waals surface area contributed by atoms with Gasteiger partial charge >= 0.3 is 0 Å². The molecule has 1 N–H and O–H groups in total. The molecule has 1 aromatic heterocycles. The van der Waals surface area contributed by atoms with Crippen LogP contribution in [-0.2, 0) is 0 Å². The van der Waals surface area contributed by atoms with Crippen LogP contribution in [0.25, 0.3) is 0 Å². The topological polar surface area (TPSA) is 42.0 Å². The van der Waals surface area contributed by atoms with Crippen LogP contribution < -0.4 is 5.32 Å². The molecule has 0 unspecified atom stereocenters.